The van der Waals surface area contributed by atoms with Crippen molar-refractivity contribution in [3.8, 4) is 6.07 Å². The number of hydrogen-bond acceptors (Lipinski definition) is 3. The number of rotatable bonds is 6. The van der Waals surface area contributed by atoms with Gasteiger partial charge < -0.3 is 4.74 Å². The molecule has 0 aromatic carbocycles. The minimum absolute atomic E-state index is 0.147. The van der Waals surface area contributed by atoms with E-state index < -0.39 is 33.4 Å². The molecule has 0 amide bonds. The Labute approximate surface area is 122 Å². The van der Waals surface area contributed by atoms with E-state index in [0.29, 0.717) is 0 Å². The molecule has 2 atom stereocenters. The van der Waals surface area contributed by atoms with Crippen molar-refractivity contribution in [2.45, 2.75) is 36.9 Å². The zero-order valence-electron chi connectivity index (χ0n) is 10.3. The van der Waals surface area contributed by atoms with Gasteiger partial charge in [-0.25, -0.2) is 0 Å². The average Bonchev–Trinajstić information content (AvgIpc) is 2.15. The minimum Gasteiger partial charge on any atom is -0.465 e. The molecule has 104 valence electrons. The molecule has 18 heavy (non-hydrogen) atoms. The van der Waals surface area contributed by atoms with Crippen molar-refractivity contribution in [3.05, 3.63) is 0 Å². The van der Waals surface area contributed by atoms with Gasteiger partial charge in [0.1, 0.15) is 5.92 Å². The summed E-state index contributed by atoms with van der Waals surface area (Å²) in [6, 6.07) is 1.83. The van der Waals surface area contributed by atoms with Crippen LogP contribution in [0.3, 0.4) is 0 Å². The summed E-state index contributed by atoms with van der Waals surface area (Å²) in [5.74, 6) is -1.79. The topological polar surface area (TPSA) is 50.1 Å². The van der Waals surface area contributed by atoms with Gasteiger partial charge in [-0.1, -0.05) is 29.8 Å². The van der Waals surface area contributed by atoms with Gasteiger partial charge in [-0.05, 0) is 22.9 Å². The van der Waals surface area contributed by atoms with E-state index in [4.69, 9.17) is 10.00 Å². The van der Waals surface area contributed by atoms with E-state index in [0.717, 1.165) is 0 Å². The van der Waals surface area contributed by atoms with E-state index in [1.54, 1.807) is 20.8 Å². The molecular formula is C11H15Br2F2NO2. The van der Waals surface area contributed by atoms with E-state index in [1.165, 1.54) is 0 Å². The maximum atomic E-state index is 12.9. The second-order valence-electron chi connectivity index (χ2n) is 4.42. The summed E-state index contributed by atoms with van der Waals surface area (Å²) >= 11 is 5.38. The van der Waals surface area contributed by atoms with Crippen LogP contribution in [0.25, 0.3) is 0 Å². The van der Waals surface area contributed by atoms with Gasteiger partial charge in [0.05, 0.1) is 12.7 Å². The second kappa shape index (κ2) is 6.80. The number of carbonyl (C=O) groups is 1. The van der Waals surface area contributed by atoms with Crippen LogP contribution in [0.5, 0.6) is 0 Å². The molecule has 0 aromatic heterocycles. The van der Waals surface area contributed by atoms with E-state index in [9.17, 15) is 13.6 Å². The van der Waals surface area contributed by atoms with Gasteiger partial charge in [-0.3, -0.25) is 4.79 Å². The van der Waals surface area contributed by atoms with Crippen LogP contribution in [0.1, 0.15) is 27.2 Å². The highest BCUT2D eigenvalue weighted by atomic mass is 79.9. The monoisotopic (exact) mass is 389 g/mol. The third-order valence-corrected chi connectivity index (χ3v) is 4.44. The van der Waals surface area contributed by atoms with E-state index >= 15 is 0 Å². The summed E-state index contributed by atoms with van der Waals surface area (Å²) in [6.07, 6.45) is -0.530. The Morgan fingerprint density at radius 2 is 2.00 bits per heavy atom. The average molecular weight is 391 g/mol. The summed E-state index contributed by atoms with van der Waals surface area (Å²) in [5, 5.41) is 9.04. The summed E-state index contributed by atoms with van der Waals surface area (Å²) in [6.45, 7) is 4.93. The van der Waals surface area contributed by atoms with Crippen LogP contribution in [0.15, 0.2) is 0 Å². The van der Waals surface area contributed by atoms with Gasteiger partial charge >= 0.3 is 10.8 Å². The number of alkyl halides is 4. The fourth-order valence-electron chi connectivity index (χ4n) is 1.40. The van der Waals surface area contributed by atoms with Crippen LogP contribution in [0.4, 0.5) is 8.78 Å². The maximum absolute atomic E-state index is 12.9. The second-order valence-corrected chi connectivity index (χ2v) is 6.69. The molecule has 0 aliphatic heterocycles. The van der Waals surface area contributed by atoms with Gasteiger partial charge in [-0.15, -0.1) is 0 Å². The van der Waals surface area contributed by atoms with E-state index in [1.807, 2.05) is 6.07 Å². The number of halogens is 4. The first-order valence-electron chi connectivity index (χ1n) is 5.33. The minimum atomic E-state index is -3.05. The molecule has 0 aromatic rings. The highest BCUT2D eigenvalue weighted by molar-refractivity contribution is 9.10. The van der Waals surface area contributed by atoms with Crippen LogP contribution in [-0.2, 0) is 9.53 Å². The summed E-state index contributed by atoms with van der Waals surface area (Å²) in [4.78, 5) is 7.86. The number of hydrogen-bond donors (Lipinski definition) is 0. The van der Waals surface area contributed by atoms with Crippen molar-refractivity contribution in [3.63, 3.8) is 0 Å². The number of carbonyl (C=O) groups excluding carboxylic acids is 1. The number of esters is 1. The Morgan fingerprint density at radius 3 is 2.33 bits per heavy atom. The first-order valence-corrected chi connectivity index (χ1v) is 7.04. The molecule has 0 bridgehead atoms. The molecule has 3 nitrogen and oxygen atoms in total. The van der Waals surface area contributed by atoms with Gasteiger partial charge in [-0.2, -0.15) is 14.0 Å². The van der Waals surface area contributed by atoms with Crippen molar-refractivity contribution in [2.24, 2.45) is 11.3 Å². The molecule has 0 spiro atoms. The number of nitriles is 1. The third kappa shape index (κ3) is 5.19. The Kier molecular flexibility index (Phi) is 6.72. The Hall–Kier alpha value is -0.220. The van der Waals surface area contributed by atoms with Crippen LogP contribution in [0.2, 0.25) is 0 Å². The van der Waals surface area contributed by atoms with Crippen LogP contribution < -0.4 is 0 Å². The molecule has 0 N–H and O–H groups in total. The van der Waals surface area contributed by atoms with Crippen molar-refractivity contribution in [1.82, 2.24) is 0 Å². The lowest BCUT2D eigenvalue weighted by Gasteiger charge is -2.34. The zero-order valence-corrected chi connectivity index (χ0v) is 13.5. The Morgan fingerprint density at radius 1 is 1.50 bits per heavy atom. The Balaban J connectivity index is 4.97. The molecule has 0 aliphatic rings. The molecule has 7 heteroatoms. The van der Waals surface area contributed by atoms with Gasteiger partial charge in [0, 0.05) is 16.7 Å². The van der Waals surface area contributed by atoms with Crippen LogP contribution >= 0.6 is 31.9 Å². The molecule has 0 saturated heterocycles. The van der Waals surface area contributed by atoms with Crippen LogP contribution in [0, 0.1) is 22.7 Å². The van der Waals surface area contributed by atoms with E-state index in [-0.39, 0.29) is 6.61 Å². The SMILES string of the molecule is CCOC(=O)C(C#N)C(C)(C)C(Br)CC(F)(F)Br. The quantitative estimate of drug-likeness (QED) is 0.511. The van der Waals surface area contributed by atoms with Crippen molar-refractivity contribution >= 4 is 37.8 Å². The van der Waals surface area contributed by atoms with Crippen molar-refractivity contribution in [2.75, 3.05) is 6.61 Å². The summed E-state index contributed by atoms with van der Waals surface area (Å²) in [5.41, 5.74) is -0.974. The van der Waals surface area contributed by atoms with Gasteiger partial charge in [0.2, 0.25) is 0 Å². The third-order valence-electron chi connectivity index (χ3n) is 2.61. The maximum Gasteiger partial charge on any atom is 0.323 e. The number of nitrogens with zero attached hydrogens (tertiary/aromatic N) is 1. The predicted octanol–water partition coefficient (Wildman–Crippen LogP) is 3.86. The normalized spacial score (nSPS) is 15.7. The molecule has 2 unspecified atom stereocenters. The first kappa shape index (κ1) is 17.8. The molecule has 0 radical (unpaired) electrons. The molecule has 0 heterocycles. The molecule has 0 aliphatic carbocycles. The predicted molar refractivity (Wildman–Crippen MR) is 70.7 cm³/mol. The fraction of sp³-hybridized carbons (Fsp3) is 0.818. The number of ether oxygens (including phenoxy) is 1. The molecule has 0 rings (SSSR count). The summed E-state index contributed by atoms with van der Waals surface area (Å²) in [7, 11) is 0. The fourth-order valence-corrected chi connectivity index (χ4v) is 2.82. The molecule has 0 fully saturated rings. The lowest BCUT2D eigenvalue weighted by Crippen LogP contribution is -2.39. The standard InChI is InChI=1S/C11H15Br2F2NO2/c1-4-18-9(17)7(6-16)10(2,3)8(12)5-11(13,14)15/h7-8H,4-5H2,1-3H3. The highest BCUT2D eigenvalue weighted by Gasteiger charge is 2.45. The highest BCUT2D eigenvalue weighted by Crippen LogP contribution is 2.42. The van der Waals surface area contributed by atoms with Crippen molar-refractivity contribution in [1.29, 1.82) is 5.26 Å². The Bertz CT molecular complexity index is 337. The first-order chi connectivity index (χ1) is 8.06. The largest absolute Gasteiger partial charge is 0.465 e. The summed E-state index contributed by atoms with van der Waals surface area (Å²) < 4.78 is 30.6. The van der Waals surface area contributed by atoms with Gasteiger partial charge in [0.25, 0.3) is 0 Å². The lowest BCUT2D eigenvalue weighted by atomic mass is 9.76. The molecule has 0 saturated carbocycles. The zero-order chi connectivity index (χ0) is 14.6. The van der Waals surface area contributed by atoms with Gasteiger partial charge in [0.15, 0.2) is 0 Å². The molecular weight excluding hydrogens is 376 g/mol. The van der Waals surface area contributed by atoms with Crippen molar-refractivity contribution < 1.29 is 18.3 Å². The van der Waals surface area contributed by atoms with Crippen LogP contribution in [-0.4, -0.2) is 22.2 Å². The lowest BCUT2D eigenvalue weighted by molar-refractivity contribution is -0.149. The smallest absolute Gasteiger partial charge is 0.323 e. The van der Waals surface area contributed by atoms with E-state index in [2.05, 4.69) is 31.9 Å².